The second-order valence-corrected chi connectivity index (χ2v) is 3.05. The van der Waals surface area contributed by atoms with Crippen molar-refractivity contribution >= 4 is 11.8 Å². The zero-order valence-corrected chi connectivity index (χ0v) is 7.08. The van der Waals surface area contributed by atoms with Crippen LogP contribution in [0, 0.1) is 5.92 Å². The van der Waals surface area contributed by atoms with Crippen molar-refractivity contribution in [3.63, 3.8) is 0 Å². The monoisotopic (exact) mass is 168 g/mol. The average Bonchev–Trinajstić information content (AvgIpc) is 2.30. The molecule has 2 unspecified atom stereocenters. The fourth-order valence-electron chi connectivity index (χ4n) is 1.33. The Hall–Kier alpha value is -1.12. The molecule has 1 aliphatic heterocycles. The van der Waals surface area contributed by atoms with E-state index in [0.29, 0.717) is 6.42 Å². The van der Waals surface area contributed by atoms with Crippen LogP contribution in [0.3, 0.4) is 0 Å². The van der Waals surface area contributed by atoms with Crippen LogP contribution in [-0.4, -0.2) is 17.9 Å². The zero-order valence-electron chi connectivity index (χ0n) is 7.08. The molecule has 1 saturated heterocycles. The molecular formula is C9H12O3. The maximum absolute atomic E-state index is 11.0. The van der Waals surface area contributed by atoms with E-state index in [-0.39, 0.29) is 30.2 Å². The lowest BCUT2D eigenvalue weighted by atomic mass is 9.99. The van der Waals surface area contributed by atoms with Gasteiger partial charge >= 0.3 is 5.97 Å². The van der Waals surface area contributed by atoms with E-state index in [1.165, 1.54) is 6.08 Å². The number of carbonyl (C=O) groups is 2. The van der Waals surface area contributed by atoms with E-state index in [2.05, 4.69) is 6.58 Å². The Morgan fingerprint density at radius 3 is 2.92 bits per heavy atom. The Morgan fingerprint density at radius 2 is 2.50 bits per heavy atom. The van der Waals surface area contributed by atoms with Gasteiger partial charge in [0.1, 0.15) is 0 Å². The predicted molar refractivity (Wildman–Crippen MR) is 43.5 cm³/mol. The molecule has 1 fully saturated rings. The van der Waals surface area contributed by atoms with Crippen molar-refractivity contribution in [1.82, 2.24) is 0 Å². The molecule has 0 aromatic rings. The lowest BCUT2D eigenvalue weighted by Crippen LogP contribution is -2.11. The summed E-state index contributed by atoms with van der Waals surface area (Å²) in [6.07, 6.45) is 2.10. The second-order valence-electron chi connectivity index (χ2n) is 3.05. The highest BCUT2D eigenvalue weighted by Gasteiger charge is 2.32. The number of carbonyl (C=O) groups excluding carboxylic acids is 2. The van der Waals surface area contributed by atoms with Gasteiger partial charge < -0.3 is 4.74 Å². The fourth-order valence-corrected chi connectivity index (χ4v) is 1.33. The Bertz CT molecular complexity index is 220. The van der Waals surface area contributed by atoms with Gasteiger partial charge in [0, 0.05) is 6.42 Å². The quantitative estimate of drug-likeness (QED) is 0.468. The van der Waals surface area contributed by atoms with E-state index in [0.717, 1.165) is 0 Å². The second kappa shape index (κ2) is 3.52. The largest absolute Gasteiger partial charge is 0.462 e. The number of esters is 1. The molecule has 0 radical (unpaired) electrons. The van der Waals surface area contributed by atoms with E-state index in [1.54, 1.807) is 0 Å². The van der Waals surface area contributed by atoms with Crippen LogP contribution in [0.15, 0.2) is 12.7 Å². The van der Waals surface area contributed by atoms with Gasteiger partial charge in [-0.05, 0) is 19.4 Å². The molecule has 0 aromatic heterocycles. The molecule has 1 heterocycles. The zero-order chi connectivity index (χ0) is 9.14. The number of rotatable bonds is 3. The highest BCUT2D eigenvalue weighted by molar-refractivity contribution is 5.92. The Morgan fingerprint density at radius 1 is 1.83 bits per heavy atom. The third-order valence-electron chi connectivity index (χ3n) is 1.94. The molecule has 0 aliphatic carbocycles. The maximum Gasteiger partial charge on any atom is 0.309 e. The first-order valence-corrected chi connectivity index (χ1v) is 3.99. The van der Waals surface area contributed by atoms with Crippen LogP contribution in [0.5, 0.6) is 0 Å². The molecule has 0 saturated carbocycles. The van der Waals surface area contributed by atoms with E-state index in [9.17, 15) is 9.59 Å². The highest BCUT2D eigenvalue weighted by Crippen LogP contribution is 2.23. The van der Waals surface area contributed by atoms with Crippen LogP contribution >= 0.6 is 0 Å². The van der Waals surface area contributed by atoms with Crippen LogP contribution in [0.25, 0.3) is 0 Å². The van der Waals surface area contributed by atoms with Crippen molar-refractivity contribution in [1.29, 1.82) is 0 Å². The van der Waals surface area contributed by atoms with Gasteiger partial charge in [-0.15, -0.1) is 0 Å². The van der Waals surface area contributed by atoms with Gasteiger partial charge in [-0.1, -0.05) is 6.58 Å². The molecule has 0 N–H and O–H groups in total. The van der Waals surface area contributed by atoms with E-state index < -0.39 is 0 Å². The third kappa shape index (κ3) is 1.94. The van der Waals surface area contributed by atoms with Gasteiger partial charge in [-0.2, -0.15) is 0 Å². The molecule has 3 heteroatoms. The SMILES string of the molecule is C=CC(=O)CC1CC(C)OC1=O. The van der Waals surface area contributed by atoms with Crippen LogP contribution in [-0.2, 0) is 14.3 Å². The van der Waals surface area contributed by atoms with Crippen LogP contribution < -0.4 is 0 Å². The number of cyclic esters (lactones) is 1. The van der Waals surface area contributed by atoms with Gasteiger partial charge in [0.25, 0.3) is 0 Å². The summed E-state index contributed by atoms with van der Waals surface area (Å²) in [6.45, 7) is 5.17. The highest BCUT2D eigenvalue weighted by atomic mass is 16.5. The minimum Gasteiger partial charge on any atom is -0.462 e. The first-order valence-electron chi connectivity index (χ1n) is 3.99. The maximum atomic E-state index is 11.0. The number of hydrogen-bond donors (Lipinski definition) is 0. The van der Waals surface area contributed by atoms with Crippen LogP contribution in [0.1, 0.15) is 19.8 Å². The van der Waals surface area contributed by atoms with Gasteiger partial charge in [0.05, 0.1) is 12.0 Å². The molecule has 0 spiro atoms. The summed E-state index contributed by atoms with van der Waals surface area (Å²) >= 11 is 0. The van der Waals surface area contributed by atoms with Crippen LogP contribution in [0.2, 0.25) is 0 Å². The molecule has 1 aliphatic rings. The molecule has 66 valence electrons. The standard InChI is InChI=1S/C9H12O3/c1-3-8(10)5-7-4-6(2)12-9(7)11/h3,6-7H,1,4-5H2,2H3. The summed E-state index contributed by atoms with van der Waals surface area (Å²) in [7, 11) is 0. The number of ether oxygens (including phenoxy) is 1. The van der Waals surface area contributed by atoms with Gasteiger partial charge in [0.2, 0.25) is 0 Å². The lowest BCUT2D eigenvalue weighted by Gasteiger charge is -1.99. The average molecular weight is 168 g/mol. The summed E-state index contributed by atoms with van der Waals surface area (Å²) in [5.41, 5.74) is 0. The Labute approximate surface area is 71.4 Å². The molecule has 0 aromatic carbocycles. The first-order chi connectivity index (χ1) is 5.63. The molecular weight excluding hydrogens is 156 g/mol. The summed E-state index contributed by atoms with van der Waals surface area (Å²) in [5, 5.41) is 0. The molecule has 0 amide bonds. The third-order valence-corrected chi connectivity index (χ3v) is 1.94. The number of ketones is 1. The summed E-state index contributed by atoms with van der Waals surface area (Å²) < 4.78 is 4.89. The van der Waals surface area contributed by atoms with Gasteiger partial charge in [0.15, 0.2) is 5.78 Å². The predicted octanol–water partition coefficient (Wildman–Crippen LogP) is 1.08. The van der Waals surface area contributed by atoms with Gasteiger partial charge in [-0.3, -0.25) is 9.59 Å². The Kier molecular flexibility index (Phi) is 2.63. The van der Waals surface area contributed by atoms with Crippen molar-refractivity contribution in [2.45, 2.75) is 25.9 Å². The minimum absolute atomic E-state index is 0.0416. The fraction of sp³-hybridized carbons (Fsp3) is 0.556. The normalized spacial score (nSPS) is 28.2. The lowest BCUT2D eigenvalue weighted by molar-refractivity contribution is -0.144. The van der Waals surface area contributed by atoms with E-state index in [4.69, 9.17) is 4.74 Å². The summed E-state index contributed by atoms with van der Waals surface area (Å²) in [4.78, 5) is 21.9. The van der Waals surface area contributed by atoms with E-state index in [1.807, 2.05) is 6.92 Å². The van der Waals surface area contributed by atoms with Crippen molar-refractivity contribution in [2.24, 2.45) is 5.92 Å². The first kappa shape index (κ1) is 8.97. The summed E-state index contributed by atoms with van der Waals surface area (Å²) in [6, 6.07) is 0. The molecule has 3 nitrogen and oxygen atoms in total. The van der Waals surface area contributed by atoms with Crippen molar-refractivity contribution in [3.05, 3.63) is 12.7 Å². The van der Waals surface area contributed by atoms with Crippen molar-refractivity contribution in [2.75, 3.05) is 0 Å². The molecule has 12 heavy (non-hydrogen) atoms. The van der Waals surface area contributed by atoms with Crippen LogP contribution in [0.4, 0.5) is 0 Å². The van der Waals surface area contributed by atoms with Crippen molar-refractivity contribution < 1.29 is 14.3 Å². The minimum atomic E-state index is -0.252. The van der Waals surface area contributed by atoms with E-state index >= 15 is 0 Å². The molecule has 2 atom stereocenters. The molecule has 0 bridgehead atoms. The molecule has 1 rings (SSSR count). The van der Waals surface area contributed by atoms with Crippen molar-refractivity contribution in [3.8, 4) is 0 Å². The summed E-state index contributed by atoms with van der Waals surface area (Å²) in [5.74, 6) is -0.589. The smallest absolute Gasteiger partial charge is 0.309 e. The topological polar surface area (TPSA) is 43.4 Å². The van der Waals surface area contributed by atoms with Gasteiger partial charge in [-0.25, -0.2) is 0 Å². The Balaban J connectivity index is 2.48. The number of allylic oxidation sites excluding steroid dienone is 1. The number of hydrogen-bond acceptors (Lipinski definition) is 3.